The smallest absolute Gasteiger partial charge is 0.224 e. The minimum Gasteiger partial charge on any atom is -0.452 e. The minimum absolute atomic E-state index is 0.0991. The van der Waals surface area contributed by atoms with Crippen molar-refractivity contribution in [1.82, 2.24) is 19.3 Å². The Bertz CT molecular complexity index is 2220. The number of anilines is 1. The molecule has 2 heterocycles. The van der Waals surface area contributed by atoms with Crippen molar-refractivity contribution >= 4 is 46.1 Å². The van der Waals surface area contributed by atoms with E-state index < -0.39 is 0 Å². The van der Waals surface area contributed by atoms with Crippen molar-refractivity contribution in [2.75, 3.05) is 18.4 Å². The van der Waals surface area contributed by atoms with Crippen molar-refractivity contribution < 1.29 is 9.21 Å². The molecule has 234 valence electrons. The molecule has 0 unspecified atom stereocenters. The lowest BCUT2D eigenvalue weighted by atomic mass is 10.1. The Morgan fingerprint density at radius 2 is 1.64 bits per heavy atom. The lowest BCUT2D eigenvalue weighted by Gasteiger charge is -2.13. The third kappa shape index (κ3) is 6.16. The summed E-state index contributed by atoms with van der Waals surface area (Å²) in [6.07, 6.45) is 0.755. The SMILES string of the molecule is CC[N+](CC)=c1ccc2nc3c(cc(NC(=O)CCc4cc(-c5ccc(C)cc5)n(-c5ccc(S)cc5)n4)c4ccccc43)oc-2c1. The molecule has 47 heavy (non-hydrogen) atoms. The summed E-state index contributed by atoms with van der Waals surface area (Å²) in [5, 5.41) is 11.0. The summed E-state index contributed by atoms with van der Waals surface area (Å²) in [6, 6.07) is 34.4. The van der Waals surface area contributed by atoms with E-state index in [0.29, 0.717) is 23.5 Å². The molecule has 5 aromatic rings. The number of thiol groups is 1. The molecular weight excluding hydrogens is 603 g/mol. The fourth-order valence-corrected chi connectivity index (χ4v) is 6.21. The Hall–Kier alpha value is -5.21. The highest BCUT2D eigenvalue weighted by atomic mass is 32.1. The summed E-state index contributed by atoms with van der Waals surface area (Å²) in [7, 11) is 0. The molecule has 1 amide bonds. The number of hydrogen-bond acceptors (Lipinski definition) is 5. The summed E-state index contributed by atoms with van der Waals surface area (Å²) < 4.78 is 10.7. The predicted octanol–water partition coefficient (Wildman–Crippen LogP) is 7.92. The first kappa shape index (κ1) is 30.4. The maximum atomic E-state index is 13.5. The van der Waals surface area contributed by atoms with Gasteiger partial charge in [0, 0.05) is 46.2 Å². The van der Waals surface area contributed by atoms with Crippen LogP contribution in [0.1, 0.15) is 31.5 Å². The number of nitrogens with zero attached hydrogens (tertiary/aromatic N) is 4. The van der Waals surface area contributed by atoms with Crippen molar-refractivity contribution in [3.63, 3.8) is 0 Å². The third-order valence-electron chi connectivity index (χ3n) is 8.59. The third-order valence-corrected chi connectivity index (χ3v) is 8.89. The number of aryl methyl sites for hydroxylation is 2. The number of carbonyl (C=O) groups is 1. The second kappa shape index (κ2) is 12.9. The first-order valence-corrected chi connectivity index (χ1v) is 16.4. The highest BCUT2D eigenvalue weighted by molar-refractivity contribution is 7.80. The van der Waals surface area contributed by atoms with Gasteiger partial charge in [0.1, 0.15) is 24.3 Å². The van der Waals surface area contributed by atoms with E-state index in [0.717, 1.165) is 68.0 Å². The highest BCUT2D eigenvalue weighted by Crippen LogP contribution is 2.34. The quantitative estimate of drug-likeness (QED) is 0.0768. The molecule has 1 aliphatic carbocycles. The van der Waals surface area contributed by atoms with Gasteiger partial charge in [-0.1, -0.05) is 54.1 Å². The van der Waals surface area contributed by atoms with Crippen molar-refractivity contribution in [2.24, 2.45) is 0 Å². The van der Waals surface area contributed by atoms with Gasteiger partial charge in [0.05, 0.1) is 28.8 Å². The van der Waals surface area contributed by atoms with E-state index in [1.807, 2.05) is 71.4 Å². The van der Waals surface area contributed by atoms with Gasteiger partial charge < -0.3 is 9.73 Å². The van der Waals surface area contributed by atoms with E-state index in [9.17, 15) is 4.79 Å². The minimum atomic E-state index is -0.0991. The van der Waals surface area contributed by atoms with Crippen LogP contribution < -0.4 is 15.2 Å². The summed E-state index contributed by atoms with van der Waals surface area (Å²) in [5.41, 5.74) is 7.87. The topological polar surface area (TPSA) is 76.0 Å². The Morgan fingerprint density at radius 1 is 0.894 bits per heavy atom. The first-order chi connectivity index (χ1) is 22.9. The summed E-state index contributed by atoms with van der Waals surface area (Å²) in [5.74, 6) is 0.608. The van der Waals surface area contributed by atoms with E-state index in [1.54, 1.807) is 0 Å². The Morgan fingerprint density at radius 3 is 2.38 bits per heavy atom. The van der Waals surface area contributed by atoms with Crippen LogP contribution in [-0.4, -0.2) is 33.8 Å². The maximum Gasteiger partial charge on any atom is 0.224 e. The van der Waals surface area contributed by atoms with Crippen LogP contribution in [0.4, 0.5) is 5.69 Å². The molecule has 4 aromatic carbocycles. The number of amides is 1. The molecule has 1 N–H and O–H groups in total. The van der Waals surface area contributed by atoms with Gasteiger partial charge in [-0.25, -0.2) is 14.2 Å². The molecule has 0 saturated carbocycles. The van der Waals surface area contributed by atoms with Gasteiger partial charge in [-0.05, 0) is 57.2 Å². The average molecular weight is 639 g/mol. The Kier molecular flexibility index (Phi) is 8.35. The molecule has 0 fully saturated rings. The number of rotatable bonds is 8. The van der Waals surface area contributed by atoms with Crippen LogP contribution >= 0.6 is 12.6 Å². The fourth-order valence-electron chi connectivity index (χ4n) is 6.06. The molecule has 0 saturated heterocycles. The zero-order valence-corrected chi connectivity index (χ0v) is 27.6. The van der Waals surface area contributed by atoms with Crippen LogP contribution in [-0.2, 0) is 11.2 Å². The lowest BCUT2D eigenvalue weighted by Crippen LogP contribution is -2.29. The highest BCUT2D eigenvalue weighted by Gasteiger charge is 2.18. The number of aromatic nitrogens is 3. The number of benzene rings is 5. The number of nitrogens with one attached hydrogen (secondary N) is 1. The van der Waals surface area contributed by atoms with Gasteiger partial charge in [-0.15, -0.1) is 12.6 Å². The standard InChI is InChI=1S/C39H35N5O2S/c1-4-43(5-2)29-17-20-33-36(23-29)46-37-24-34(31-8-6-7-9-32(31)39(37)41-33)40-38(45)21-14-27-22-35(26-12-10-25(3)11-13-26)44(42-27)28-15-18-30(47)19-16-28/h6-13,15-20,22-24,47H,4-5,14,21H2,1-3H3/p+1. The normalized spacial score (nSPS) is 11.4. The fraction of sp³-hybridized carbons (Fsp3) is 0.179. The Labute approximate surface area is 279 Å². The van der Waals surface area contributed by atoms with Crippen molar-refractivity contribution in [2.45, 2.75) is 38.5 Å². The molecule has 0 bridgehead atoms. The lowest BCUT2D eigenvalue weighted by molar-refractivity contribution is -0.116. The molecule has 7 rings (SSSR count). The van der Waals surface area contributed by atoms with Crippen LogP contribution in [0.25, 0.3) is 50.3 Å². The van der Waals surface area contributed by atoms with Gasteiger partial charge >= 0.3 is 0 Å². The summed E-state index contributed by atoms with van der Waals surface area (Å²) in [4.78, 5) is 19.3. The Balaban J connectivity index is 1.19. The maximum absolute atomic E-state index is 13.5. The predicted molar refractivity (Wildman–Crippen MR) is 192 cm³/mol. The zero-order chi connectivity index (χ0) is 32.5. The van der Waals surface area contributed by atoms with Crippen LogP contribution in [0, 0.1) is 6.92 Å². The van der Waals surface area contributed by atoms with Crippen LogP contribution in [0.15, 0.2) is 112 Å². The van der Waals surface area contributed by atoms with Gasteiger partial charge in [-0.3, -0.25) is 4.79 Å². The van der Waals surface area contributed by atoms with Crippen molar-refractivity contribution in [3.8, 4) is 28.4 Å². The van der Waals surface area contributed by atoms with E-state index in [2.05, 4.69) is 79.7 Å². The van der Waals surface area contributed by atoms with Gasteiger partial charge in [0.2, 0.25) is 11.3 Å². The summed E-state index contributed by atoms with van der Waals surface area (Å²) >= 11 is 4.44. The number of hydrogen-bond donors (Lipinski definition) is 2. The van der Waals surface area contributed by atoms with E-state index in [-0.39, 0.29) is 12.3 Å². The van der Waals surface area contributed by atoms with Gasteiger partial charge in [0.25, 0.3) is 0 Å². The van der Waals surface area contributed by atoms with E-state index >= 15 is 0 Å². The van der Waals surface area contributed by atoms with E-state index in [1.165, 1.54) is 5.56 Å². The molecule has 0 radical (unpaired) electrons. The largest absolute Gasteiger partial charge is 0.452 e. The van der Waals surface area contributed by atoms with Crippen LogP contribution in [0.3, 0.4) is 0 Å². The molecule has 0 spiro atoms. The number of carbonyl (C=O) groups excluding carboxylic acids is 1. The van der Waals surface area contributed by atoms with Gasteiger partial charge in [0.15, 0.2) is 11.3 Å². The average Bonchev–Trinajstić information content (AvgIpc) is 3.52. The molecule has 1 aliphatic heterocycles. The molecule has 1 aromatic heterocycles. The summed E-state index contributed by atoms with van der Waals surface area (Å²) in [6.45, 7) is 8.16. The molecule has 8 heteroatoms. The van der Waals surface area contributed by atoms with Crippen molar-refractivity contribution in [1.29, 1.82) is 0 Å². The van der Waals surface area contributed by atoms with Gasteiger partial charge in [-0.2, -0.15) is 5.10 Å². The zero-order valence-electron chi connectivity index (χ0n) is 26.7. The van der Waals surface area contributed by atoms with E-state index in [4.69, 9.17) is 14.5 Å². The second-order valence-electron chi connectivity index (χ2n) is 11.7. The van der Waals surface area contributed by atoms with Crippen molar-refractivity contribution in [3.05, 3.63) is 120 Å². The molecule has 2 aliphatic rings. The number of fused-ring (bicyclic) bond motifs is 4. The molecule has 7 nitrogen and oxygen atoms in total. The first-order valence-electron chi connectivity index (χ1n) is 16.0. The monoisotopic (exact) mass is 638 g/mol. The second-order valence-corrected chi connectivity index (χ2v) is 12.2. The van der Waals surface area contributed by atoms with Crippen LogP contribution in [0.2, 0.25) is 0 Å². The molecular formula is C39H36N5O2S+. The van der Waals surface area contributed by atoms with Crippen LogP contribution in [0.5, 0.6) is 0 Å². The molecule has 0 atom stereocenters.